The van der Waals surface area contributed by atoms with E-state index in [9.17, 15) is 0 Å². The van der Waals surface area contributed by atoms with Gasteiger partial charge in [0.2, 0.25) is 0 Å². The van der Waals surface area contributed by atoms with E-state index in [1.807, 2.05) is 35.7 Å². The van der Waals surface area contributed by atoms with Gasteiger partial charge in [0.25, 0.3) is 0 Å². The summed E-state index contributed by atoms with van der Waals surface area (Å²) in [4.78, 5) is 3.30. The highest BCUT2D eigenvalue weighted by Gasteiger charge is 2.03. The van der Waals surface area contributed by atoms with Gasteiger partial charge in [0.15, 0.2) is 0 Å². The first-order valence-electron chi connectivity index (χ1n) is 4.49. The summed E-state index contributed by atoms with van der Waals surface area (Å²) in [5.41, 5.74) is 0.138. The zero-order valence-electron chi connectivity index (χ0n) is 8.18. The first-order valence-corrected chi connectivity index (χ1v) is 6.18. The maximum Gasteiger partial charge on any atom is 0.131 e. The van der Waals surface area contributed by atoms with Crippen LogP contribution in [0.1, 0.15) is 4.88 Å². The second-order valence-corrected chi connectivity index (χ2v) is 5.02. The van der Waals surface area contributed by atoms with E-state index in [1.54, 1.807) is 28.7 Å². The molecule has 0 N–H and O–H groups in total. The van der Waals surface area contributed by atoms with Crippen molar-refractivity contribution in [3.63, 3.8) is 0 Å². The molecule has 16 heavy (non-hydrogen) atoms. The minimum absolute atomic E-state index is 0.138. The van der Waals surface area contributed by atoms with Crippen LogP contribution in [0.5, 0.6) is 0 Å². The highest BCUT2D eigenvalue weighted by atomic mass is 32.1. The Morgan fingerprint density at radius 3 is 2.56 bits per heavy atom. The third-order valence-corrected chi connectivity index (χ3v) is 4.02. The van der Waals surface area contributed by atoms with Gasteiger partial charge in [-0.1, -0.05) is 6.07 Å². The van der Waals surface area contributed by atoms with Crippen molar-refractivity contribution < 1.29 is 0 Å². The summed E-state index contributed by atoms with van der Waals surface area (Å²) in [6, 6.07) is 11.7. The number of nitriles is 2. The molecule has 2 aromatic rings. The Hall–Kier alpha value is -1.88. The van der Waals surface area contributed by atoms with Crippen LogP contribution >= 0.6 is 22.7 Å². The average molecular weight is 242 g/mol. The summed E-state index contributed by atoms with van der Waals surface area (Å²) in [7, 11) is 0. The summed E-state index contributed by atoms with van der Waals surface area (Å²) in [6.45, 7) is 0. The predicted molar refractivity (Wildman–Crippen MR) is 66.8 cm³/mol. The Balaban J connectivity index is 2.32. The van der Waals surface area contributed by atoms with E-state index >= 15 is 0 Å². The quantitative estimate of drug-likeness (QED) is 0.750. The van der Waals surface area contributed by atoms with Crippen LogP contribution in [0.4, 0.5) is 0 Å². The highest BCUT2D eigenvalue weighted by molar-refractivity contribution is 7.21. The Labute approximate surface area is 101 Å². The fourth-order valence-electron chi connectivity index (χ4n) is 1.21. The summed E-state index contributed by atoms with van der Waals surface area (Å²) < 4.78 is 0. The lowest BCUT2D eigenvalue weighted by Crippen LogP contribution is -1.68. The molecule has 0 fully saturated rings. The second kappa shape index (κ2) is 4.76. The van der Waals surface area contributed by atoms with Crippen molar-refractivity contribution in [1.82, 2.24) is 0 Å². The Kier molecular flexibility index (Phi) is 3.16. The number of hydrogen-bond donors (Lipinski definition) is 0. The molecular weight excluding hydrogens is 236 g/mol. The summed E-state index contributed by atoms with van der Waals surface area (Å²) in [5.74, 6) is 0. The molecule has 0 aliphatic carbocycles. The highest BCUT2D eigenvalue weighted by Crippen LogP contribution is 2.32. The lowest BCUT2D eigenvalue weighted by molar-refractivity contribution is 1.47. The third kappa shape index (κ3) is 2.20. The van der Waals surface area contributed by atoms with Crippen LogP contribution in [-0.2, 0) is 0 Å². The molecule has 2 aromatic heterocycles. The van der Waals surface area contributed by atoms with Crippen molar-refractivity contribution >= 4 is 28.7 Å². The zero-order valence-corrected chi connectivity index (χ0v) is 9.81. The molecule has 2 rings (SSSR count). The van der Waals surface area contributed by atoms with Crippen LogP contribution in [0, 0.1) is 22.7 Å². The minimum atomic E-state index is 0.138. The molecule has 0 aromatic carbocycles. The predicted octanol–water partition coefficient (Wildman–Crippen LogP) is 3.91. The number of rotatable bonds is 2. The van der Waals surface area contributed by atoms with Gasteiger partial charge < -0.3 is 0 Å². The van der Waals surface area contributed by atoms with E-state index in [2.05, 4.69) is 6.07 Å². The van der Waals surface area contributed by atoms with E-state index in [-0.39, 0.29) is 5.57 Å². The molecule has 0 bridgehead atoms. The molecular formula is C12H6N2S2. The van der Waals surface area contributed by atoms with Crippen LogP contribution in [-0.4, -0.2) is 0 Å². The fraction of sp³-hybridized carbons (Fsp3) is 0. The van der Waals surface area contributed by atoms with Gasteiger partial charge in [0.1, 0.15) is 17.7 Å². The van der Waals surface area contributed by atoms with Crippen LogP contribution in [0.15, 0.2) is 35.2 Å². The van der Waals surface area contributed by atoms with E-state index in [1.165, 1.54) is 4.88 Å². The molecule has 2 heterocycles. The standard InChI is InChI=1S/C12H6N2S2/c13-7-9(8-14)6-10-3-4-12(16-10)11-2-1-5-15-11/h1-6H. The lowest BCUT2D eigenvalue weighted by atomic mass is 10.3. The van der Waals surface area contributed by atoms with Crippen LogP contribution in [0.25, 0.3) is 15.8 Å². The molecule has 4 heteroatoms. The van der Waals surface area contributed by atoms with Gasteiger partial charge in [-0.25, -0.2) is 0 Å². The van der Waals surface area contributed by atoms with Crippen LogP contribution in [0.3, 0.4) is 0 Å². The van der Waals surface area contributed by atoms with Crippen molar-refractivity contribution in [2.75, 3.05) is 0 Å². The van der Waals surface area contributed by atoms with Gasteiger partial charge in [-0.3, -0.25) is 0 Å². The molecule has 0 saturated carbocycles. The molecule has 0 aliphatic heterocycles. The first kappa shape index (κ1) is 10.6. The molecule has 76 valence electrons. The number of nitrogens with zero attached hydrogens (tertiary/aromatic N) is 2. The fourth-order valence-corrected chi connectivity index (χ4v) is 3.00. The van der Waals surface area contributed by atoms with Gasteiger partial charge in [-0.2, -0.15) is 10.5 Å². The number of hydrogen-bond acceptors (Lipinski definition) is 4. The molecule has 0 spiro atoms. The molecule has 0 unspecified atom stereocenters. The van der Waals surface area contributed by atoms with E-state index in [4.69, 9.17) is 10.5 Å². The van der Waals surface area contributed by atoms with E-state index < -0.39 is 0 Å². The molecule has 0 atom stereocenters. The van der Waals surface area contributed by atoms with Gasteiger partial charge in [-0.15, -0.1) is 22.7 Å². The first-order chi connectivity index (χ1) is 7.83. The maximum atomic E-state index is 8.64. The number of allylic oxidation sites excluding steroid dienone is 1. The third-order valence-electron chi connectivity index (χ3n) is 1.92. The molecule has 2 nitrogen and oxygen atoms in total. The van der Waals surface area contributed by atoms with Crippen molar-refractivity contribution in [1.29, 1.82) is 10.5 Å². The van der Waals surface area contributed by atoms with Crippen LogP contribution in [0.2, 0.25) is 0 Å². The zero-order chi connectivity index (χ0) is 11.4. The number of thiophene rings is 2. The molecule has 0 radical (unpaired) electrons. The second-order valence-electron chi connectivity index (χ2n) is 2.96. The lowest BCUT2D eigenvalue weighted by Gasteiger charge is -1.87. The van der Waals surface area contributed by atoms with Gasteiger partial charge >= 0.3 is 0 Å². The SMILES string of the molecule is N#CC(C#N)=Cc1ccc(-c2cccs2)s1. The minimum Gasteiger partial charge on any atom is -0.192 e. The van der Waals surface area contributed by atoms with Crippen molar-refractivity contribution in [2.24, 2.45) is 0 Å². The van der Waals surface area contributed by atoms with Crippen molar-refractivity contribution in [3.8, 4) is 21.9 Å². The summed E-state index contributed by atoms with van der Waals surface area (Å²) >= 11 is 3.26. The van der Waals surface area contributed by atoms with Gasteiger partial charge in [-0.05, 0) is 29.7 Å². The van der Waals surface area contributed by atoms with E-state index in [0.29, 0.717) is 0 Å². The monoisotopic (exact) mass is 242 g/mol. The van der Waals surface area contributed by atoms with Crippen molar-refractivity contribution in [2.45, 2.75) is 0 Å². The topological polar surface area (TPSA) is 47.6 Å². The summed E-state index contributed by atoms with van der Waals surface area (Å²) in [5, 5.41) is 19.3. The summed E-state index contributed by atoms with van der Waals surface area (Å²) in [6.07, 6.45) is 1.61. The molecule has 0 aliphatic rings. The normalized spacial score (nSPS) is 9.12. The largest absolute Gasteiger partial charge is 0.192 e. The smallest absolute Gasteiger partial charge is 0.131 e. The molecule has 0 amide bonds. The Bertz CT molecular complexity index is 576. The maximum absolute atomic E-state index is 8.64. The van der Waals surface area contributed by atoms with Crippen LogP contribution < -0.4 is 0 Å². The average Bonchev–Trinajstić information content (AvgIpc) is 2.96. The Morgan fingerprint density at radius 2 is 1.94 bits per heavy atom. The van der Waals surface area contributed by atoms with Crippen molar-refractivity contribution in [3.05, 3.63) is 40.1 Å². The van der Waals surface area contributed by atoms with E-state index in [0.717, 1.165) is 9.75 Å². The van der Waals surface area contributed by atoms with Gasteiger partial charge in [0.05, 0.1) is 0 Å². The Morgan fingerprint density at radius 1 is 1.12 bits per heavy atom. The molecule has 0 saturated heterocycles. The van der Waals surface area contributed by atoms with Gasteiger partial charge in [0, 0.05) is 14.6 Å².